The van der Waals surface area contributed by atoms with E-state index in [1.54, 1.807) is 19.2 Å². The molecule has 2 heterocycles. The molecule has 0 unspecified atom stereocenters. The molecule has 1 N–H and O–H groups in total. The molecule has 25 heavy (non-hydrogen) atoms. The highest BCUT2D eigenvalue weighted by molar-refractivity contribution is 5.86. The molecule has 5 nitrogen and oxygen atoms in total. The van der Waals surface area contributed by atoms with Gasteiger partial charge in [0, 0.05) is 32.4 Å². The molecule has 1 aliphatic rings. The second kappa shape index (κ2) is 5.63. The second-order valence-corrected chi connectivity index (χ2v) is 6.42. The summed E-state index contributed by atoms with van der Waals surface area (Å²) in [7, 11) is 1.59. The number of methoxy groups -OCH3 is 1. The van der Waals surface area contributed by atoms with E-state index in [4.69, 9.17) is 13.9 Å². The Morgan fingerprint density at radius 1 is 1.20 bits per heavy atom. The Labute approximate surface area is 144 Å². The molecule has 0 radical (unpaired) electrons. The fourth-order valence-electron chi connectivity index (χ4n) is 3.41. The minimum Gasteiger partial charge on any atom is -0.508 e. The molecule has 1 aliphatic heterocycles. The fourth-order valence-corrected chi connectivity index (χ4v) is 3.41. The number of hydrogen-bond donors (Lipinski definition) is 1. The lowest BCUT2D eigenvalue weighted by Crippen LogP contribution is -2.41. The van der Waals surface area contributed by atoms with Crippen molar-refractivity contribution < 1.29 is 19.0 Å². The fraction of sp³-hybridized carbons (Fsp3) is 0.250. The summed E-state index contributed by atoms with van der Waals surface area (Å²) in [5.41, 5.74) is 1.32. The number of rotatable bonds is 2. The van der Waals surface area contributed by atoms with E-state index in [0.717, 1.165) is 5.56 Å². The zero-order valence-corrected chi connectivity index (χ0v) is 14.0. The van der Waals surface area contributed by atoms with Gasteiger partial charge in [0.15, 0.2) is 0 Å². The molecule has 2 aromatic carbocycles. The molecule has 0 fully saturated rings. The minimum atomic E-state index is -0.869. The molecule has 3 aromatic rings. The van der Waals surface area contributed by atoms with Crippen molar-refractivity contribution in [2.45, 2.75) is 25.0 Å². The van der Waals surface area contributed by atoms with Crippen LogP contribution in [0.4, 0.5) is 0 Å². The van der Waals surface area contributed by atoms with Crippen molar-refractivity contribution in [1.82, 2.24) is 0 Å². The van der Waals surface area contributed by atoms with Gasteiger partial charge < -0.3 is 19.0 Å². The van der Waals surface area contributed by atoms with E-state index in [1.165, 1.54) is 6.07 Å². The van der Waals surface area contributed by atoms with Crippen LogP contribution in [0.15, 0.2) is 57.7 Å². The van der Waals surface area contributed by atoms with Gasteiger partial charge >= 0.3 is 5.63 Å². The first kappa shape index (κ1) is 15.7. The number of phenols is 1. The number of fused-ring (bicyclic) bond motifs is 3. The van der Waals surface area contributed by atoms with Gasteiger partial charge in [-0.05, 0) is 17.7 Å². The Morgan fingerprint density at radius 3 is 2.68 bits per heavy atom. The molecular formula is C20H18O5. The maximum absolute atomic E-state index is 12.7. The third-order valence-electron chi connectivity index (χ3n) is 4.75. The van der Waals surface area contributed by atoms with Crippen LogP contribution in [0.5, 0.6) is 11.5 Å². The van der Waals surface area contributed by atoms with E-state index in [0.29, 0.717) is 23.1 Å². The summed E-state index contributed by atoms with van der Waals surface area (Å²) in [6.45, 7) is 1.85. The lowest BCUT2D eigenvalue weighted by molar-refractivity contribution is -0.163. The van der Waals surface area contributed by atoms with Gasteiger partial charge in [0.2, 0.25) is 5.79 Å². The van der Waals surface area contributed by atoms with E-state index in [1.807, 2.05) is 37.3 Å². The number of aromatic hydroxyl groups is 1. The molecule has 128 valence electrons. The number of benzene rings is 2. The van der Waals surface area contributed by atoms with Crippen LogP contribution in [-0.2, 0) is 4.74 Å². The SMILES string of the molecule is CO[C@]1(C)C[C@H](c2ccccc2)c2c(c3ccc(O)cc3oc2=O)O1. The van der Waals surface area contributed by atoms with Crippen LogP contribution in [0.3, 0.4) is 0 Å². The van der Waals surface area contributed by atoms with Gasteiger partial charge in [-0.2, -0.15) is 0 Å². The number of phenolic OH excluding ortho intramolecular Hbond substituents is 1. The summed E-state index contributed by atoms with van der Waals surface area (Å²) < 4.78 is 17.1. The molecule has 4 rings (SSSR count). The molecule has 2 atom stereocenters. The largest absolute Gasteiger partial charge is 0.508 e. The van der Waals surface area contributed by atoms with Gasteiger partial charge in [-0.3, -0.25) is 0 Å². The van der Waals surface area contributed by atoms with Crippen LogP contribution in [0, 0.1) is 0 Å². The van der Waals surface area contributed by atoms with Crippen molar-refractivity contribution in [1.29, 1.82) is 0 Å². The standard InChI is InChI=1S/C20H18O5/c1-20(23-2)11-15(12-6-4-3-5-7-12)17-18(25-20)14-9-8-13(21)10-16(14)24-19(17)22/h3-10,15,21H,11H2,1-2H3/t15-,20+/m1/s1. The molecule has 0 bridgehead atoms. The minimum absolute atomic E-state index is 0.0283. The Kier molecular flexibility index (Phi) is 3.54. The van der Waals surface area contributed by atoms with Crippen molar-refractivity contribution in [3.8, 4) is 11.5 Å². The highest BCUT2D eigenvalue weighted by Crippen LogP contribution is 2.46. The Balaban J connectivity index is 2.03. The first-order valence-electron chi connectivity index (χ1n) is 8.09. The predicted molar refractivity (Wildman–Crippen MR) is 93.1 cm³/mol. The van der Waals surface area contributed by atoms with Gasteiger partial charge in [-0.15, -0.1) is 0 Å². The van der Waals surface area contributed by atoms with Crippen molar-refractivity contribution in [2.75, 3.05) is 7.11 Å². The molecule has 0 amide bonds. The van der Waals surface area contributed by atoms with Crippen LogP contribution < -0.4 is 10.4 Å². The van der Waals surface area contributed by atoms with Crippen molar-refractivity contribution in [3.05, 3.63) is 70.1 Å². The van der Waals surface area contributed by atoms with Crippen molar-refractivity contribution in [2.24, 2.45) is 0 Å². The Morgan fingerprint density at radius 2 is 1.96 bits per heavy atom. The molecule has 5 heteroatoms. The highest BCUT2D eigenvalue weighted by Gasteiger charge is 2.41. The summed E-state index contributed by atoms with van der Waals surface area (Å²) in [4.78, 5) is 12.7. The van der Waals surface area contributed by atoms with Crippen LogP contribution in [-0.4, -0.2) is 18.0 Å². The van der Waals surface area contributed by atoms with E-state index < -0.39 is 11.4 Å². The number of hydrogen-bond acceptors (Lipinski definition) is 5. The molecule has 0 spiro atoms. The molecule has 1 aromatic heterocycles. The quantitative estimate of drug-likeness (QED) is 0.720. The third kappa shape index (κ3) is 2.57. The zero-order valence-electron chi connectivity index (χ0n) is 14.0. The monoisotopic (exact) mass is 338 g/mol. The Hall–Kier alpha value is -2.79. The van der Waals surface area contributed by atoms with Gasteiger partial charge in [-0.1, -0.05) is 30.3 Å². The molecule has 0 saturated carbocycles. The van der Waals surface area contributed by atoms with Crippen molar-refractivity contribution >= 4 is 11.0 Å². The van der Waals surface area contributed by atoms with Crippen LogP contribution in [0.25, 0.3) is 11.0 Å². The summed E-state index contributed by atoms with van der Waals surface area (Å²) >= 11 is 0. The third-order valence-corrected chi connectivity index (χ3v) is 4.75. The summed E-state index contributed by atoms with van der Waals surface area (Å²) in [5, 5.41) is 10.3. The van der Waals surface area contributed by atoms with Crippen LogP contribution in [0.1, 0.15) is 30.4 Å². The first-order valence-corrected chi connectivity index (χ1v) is 8.09. The smallest absolute Gasteiger partial charge is 0.343 e. The summed E-state index contributed by atoms with van der Waals surface area (Å²) in [5.74, 6) is -0.591. The van der Waals surface area contributed by atoms with E-state index in [-0.39, 0.29) is 17.3 Å². The number of ether oxygens (including phenoxy) is 2. The van der Waals surface area contributed by atoms with E-state index >= 15 is 0 Å². The molecular weight excluding hydrogens is 320 g/mol. The lowest BCUT2D eigenvalue weighted by atomic mass is 9.83. The van der Waals surface area contributed by atoms with E-state index in [2.05, 4.69) is 0 Å². The first-order chi connectivity index (χ1) is 12.0. The van der Waals surface area contributed by atoms with Gasteiger partial charge in [0.25, 0.3) is 0 Å². The maximum Gasteiger partial charge on any atom is 0.343 e. The van der Waals surface area contributed by atoms with Gasteiger partial charge in [0.1, 0.15) is 17.1 Å². The average Bonchev–Trinajstić information content (AvgIpc) is 2.61. The lowest BCUT2D eigenvalue weighted by Gasteiger charge is -2.38. The molecule has 0 aliphatic carbocycles. The van der Waals surface area contributed by atoms with Crippen LogP contribution in [0.2, 0.25) is 0 Å². The average molecular weight is 338 g/mol. The van der Waals surface area contributed by atoms with Crippen LogP contribution >= 0.6 is 0 Å². The normalized spacial score (nSPS) is 22.4. The zero-order chi connectivity index (χ0) is 17.6. The topological polar surface area (TPSA) is 68.9 Å². The Bertz CT molecular complexity index is 992. The maximum atomic E-state index is 12.7. The van der Waals surface area contributed by atoms with Gasteiger partial charge in [0.05, 0.1) is 10.9 Å². The van der Waals surface area contributed by atoms with Crippen molar-refractivity contribution in [3.63, 3.8) is 0 Å². The molecule has 0 saturated heterocycles. The second-order valence-electron chi connectivity index (χ2n) is 6.42. The highest BCUT2D eigenvalue weighted by atomic mass is 16.7. The predicted octanol–water partition coefficient (Wildman–Crippen LogP) is 3.78. The van der Waals surface area contributed by atoms with E-state index in [9.17, 15) is 9.90 Å². The summed E-state index contributed by atoms with van der Waals surface area (Å²) in [6, 6.07) is 14.4. The van der Waals surface area contributed by atoms with Gasteiger partial charge in [-0.25, -0.2) is 4.79 Å². The summed E-state index contributed by atoms with van der Waals surface area (Å²) in [6.07, 6.45) is 0.495.